The van der Waals surface area contributed by atoms with Gasteiger partial charge in [0.15, 0.2) is 0 Å². The molecule has 1 aliphatic rings. The second-order valence-electron chi connectivity index (χ2n) is 4.18. The molecule has 4 nitrogen and oxygen atoms in total. The molecule has 1 aliphatic heterocycles. The lowest BCUT2D eigenvalue weighted by Gasteiger charge is -2.22. The molecule has 0 radical (unpaired) electrons. The second kappa shape index (κ2) is 8.29. The highest BCUT2D eigenvalue weighted by Gasteiger charge is 2.20. The van der Waals surface area contributed by atoms with Crippen LogP contribution in [0.1, 0.15) is 25.0 Å². The molecular formula is C12H19Cl2N3O. The lowest BCUT2D eigenvalue weighted by Crippen LogP contribution is -2.43. The summed E-state index contributed by atoms with van der Waals surface area (Å²) >= 11 is 0. The van der Waals surface area contributed by atoms with Gasteiger partial charge in [-0.1, -0.05) is 6.42 Å². The Kier molecular flexibility index (Phi) is 7.91. The maximum absolute atomic E-state index is 11.9. The van der Waals surface area contributed by atoms with E-state index in [1.54, 1.807) is 6.20 Å². The molecular weight excluding hydrogens is 273 g/mol. The van der Waals surface area contributed by atoms with Gasteiger partial charge in [-0.25, -0.2) is 0 Å². The van der Waals surface area contributed by atoms with Crippen molar-refractivity contribution in [3.8, 4) is 0 Å². The number of hydrogen-bond acceptors (Lipinski definition) is 3. The van der Waals surface area contributed by atoms with Crippen LogP contribution in [0.25, 0.3) is 0 Å². The summed E-state index contributed by atoms with van der Waals surface area (Å²) in [6, 6.07) is 3.65. The van der Waals surface area contributed by atoms with Crippen molar-refractivity contribution in [2.45, 2.75) is 32.2 Å². The number of piperidine rings is 1. The summed E-state index contributed by atoms with van der Waals surface area (Å²) in [7, 11) is 0. The first-order valence-corrected chi connectivity index (χ1v) is 5.72. The van der Waals surface area contributed by atoms with E-state index in [-0.39, 0.29) is 36.8 Å². The molecule has 0 spiro atoms. The maximum Gasteiger partial charge on any atom is 0.241 e. The molecule has 18 heavy (non-hydrogen) atoms. The van der Waals surface area contributed by atoms with Crippen LogP contribution in [0.5, 0.6) is 0 Å². The van der Waals surface area contributed by atoms with Gasteiger partial charge in [0.05, 0.1) is 6.04 Å². The molecule has 1 unspecified atom stereocenters. The fourth-order valence-corrected chi connectivity index (χ4v) is 1.93. The number of amides is 1. The molecule has 0 saturated carbocycles. The number of aromatic nitrogens is 1. The summed E-state index contributed by atoms with van der Waals surface area (Å²) in [5, 5.41) is 6.14. The van der Waals surface area contributed by atoms with Gasteiger partial charge < -0.3 is 10.6 Å². The monoisotopic (exact) mass is 291 g/mol. The van der Waals surface area contributed by atoms with Gasteiger partial charge in [-0.2, -0.15) is 0 Å². The molecule has 1 aromatic heterocycles. The number of carbonyl (C=O) groups is 1. The van der Waals surface area contributed by atoms with Crippen molar-refractivity contribution in [1.82, 2.24) is 10.3 Å². The Bertz CT molecular complexity index is 381. The van der Waals surface area contributed by atoms with Crippen molar-refractivity contribution in [3.63, 3.8) is 0 Å². The molecule has 102 valence electrons. The van der Waals surface area contributed by atoms with E-state index in [0.29, 0.717) is 0 Å². The summed E-state index contributed by atoms with van der Waals surface area (Å²) in [6.45, 7) is 2.85. The van der Waals surface area contributed by atoms with Crippen molar-refractivity contribution in [2.24, 2.45) is 0 Å². The summed E-state index contributed by atoms with van der Waals surface area (Å²) in [5.74, 6) is 0.0605. The van der Waals surface area contributed by atoms with Crippen LogP contribution in [-0.4, -0.2) is 23.5 Å². The minimum atomic E-state index is -0.0396. The molecule has 1 saturated heterocycles. The molecule has 6 heteroatoms. The van der Waals surface area contributed by atoms with Gasteiger partial charge in [0, 0.05) is 17.6 Å². The van der Waals surface area contributed by atoms with E-state index in [4.69, 9.17) is 0 Å². The average molecular weight is 292 g/mol. The van der Waals surface area contributed by atoms with Gasteiger partial charge in [-0.15, -0.1) is 24.8 Å². The summed E-state index contributed by atoms with van der Waals surface area (Å²) in [4.78, 5) is 16.0. The van der Waals surface area contributed by atoms with E-state index in [2.05, 4.69) is 15.6 Å². The van der Waals surface area contributed by atoms with Crippen molar-refractivity contribution < 1.29 is 4.79 Å². The number of hydrogen-bond donors (Lipinski definition) is 2. The van der Waals surface area contributed by atoms with Crippen LogP contribution in [-0.2, 0) is 4.79 Å². The number of nitrogens with zero attached hydrogens (tertiary/aromatic N) is 1. The van der Waals surface area contributed by atoms with E-state index in [0.717, 1.165) is 37.2 Å². The second-order valence-corrected chi connectivity index (χ2v) is 4.18. The molecule has 2 heterocycles. The highest BCUT2D eigenvalue weighted by Crippen LogP contribution is 2.11. The Morgan fingerprint density at radius 1 is 1.44 bits per heavy atom. The van der Waals surface area contributed by atoms with Gasteiger partial charge in [0.1, 0.15) is 0 Å². The van der Waals surface area contributed by atoms with Crippen LogP contribution in [0.15, 0.2) is 18.3 Å². The fraction of sp³-hybridized carbons (Fsp3) is 0.500. The van der Waals surface area contributed by atoms with E-state index in [1.165, 1.54) is 0 Å². The van der Waals surface area contributed by atoms with E-state index < -0.39 is 0 Å². The number of halogens is 2. The molecule has 0 aliphatic carbocycles. The molecule has 0 bridgehead atoms. The number of nitrogens with one attached hydrogen (secondary N) is 2. The minimum Gasteiger partial charge on any atom is -0.325 e. The standard InChI is InChI=1S/C12H17N3O.2ClH/c1-9-8-10(5-7-13-9)15-12(16)11-4-2-3-6-14-11;;/h5,7-8,11,14H,2-4,6H2,1H3,(H,13,15,16);2*1H. The Hall–Kier alpha value is -0.840. The smallest absolute Gasteiger partial charge is 0.241 e. The quantitative estimate of drug-likeness (QED) is 0.879. The predicted molar refractivity (Wildman–Crippen MR) is 77.7 cm³/mol. The summed E-state index contributed by atoms with van der Waals surface area (Å²) < 4.78 is 0. The van der Waals surface area contributed by atoms with Crippen molar-refractivity contribution in [3.05, 3.63) is 24.0 Å². The number of anilines is 1. The Balaban J connectivity index is 0.00000144. The largest absolute Gasteiger partial charge is 0.325 e. The number of pyridine rings is 1. The zero-order valence-corrected chi connectivity index (χ0v) is 11.9. The SMILES string of the molecule is Cc1cc(NC(=O)C2CCCCN2)ccn1.Cl.Cl. The lowest BCUT2D eigenvalue weighted by atomic mass is 10.0. The van der Waals surface area contributed by atoms with Crippen molar-refractivity contribution >= 4 is 36.4 Å². The molecule has 1 aromatic rings. The average Bonchev–Trinajstić information content (AvgIpc) is 2.30. The van der Waals surface area contributed by atoms with Crippen LogP contribution >= 0.6 is 24.8 Å². The van der Waals surface area contributed by atoms with Crippen LogP contribution in [0.4, 0.5) is 5.69 Å². The minimum absolute atomic E-state index is 0. The Morgan fingerprint density at radius 3 is 2.83 bits per heavy atom. The first-order valence-electron chi connectivity index (χ1n) is 5.72. The van der Waals surface area contributed by atoms with Crippen LogP contribution in [0.2, 0.25) is 0 Å². The van der Waals surface area contributed by atoms with E-state index in [9.17, 15) is 4.79 Å². The number of aryl methyl sites for hydroxylation is 1. The van der Waals surface area contributed by atoms with Gasteiger partial charge in [-0.05, 0) is 38.4 Å². The molecule has 2 rings (SSSR count). The third kappa shape index (κ3) is 4.80. The predicted octanol–water partition coefficient (Wildman–Crippen LogP) is 2.31. The topological polar surface area (TPSA) is 54.0 Å². The van der Waals surface area contributed by atoms with Crippen LogP contribution in [0.3, 0.4) is 0 Å². The van der Waals surface area contributed by atoms with Crippen molar-refractivity contribution in [1.29, 1.82) is 0 Å². The molecule has 1 atom stereocenters. The molecule has 1 amide bonds. The van der Waals surface area contributed by atoms with Gasteiger partial charge in [0.25, 0.3) is 0 Å². The molecule has 1 fully saturated rings. The van der Waals surface area contributed by atoms with E-state index in [1.807, 2.05) is 19.1 Å². The first kappa shape index (κ1) is 17.2. The third-order valence-corrected chi connectivity index (χ3v) is 2.79. The summed E-state index contributed by atoms with van der Waals surface area (Å²) in [6.07, 6.45) is 4.92. The van der Waals surface area contributed by atoms with Gasteiger partial charge in [0.2, 0.25) is 5.91 Å². The van der Waals surface area contributed by atoms with E-state index >= 15 is 0 Å². The number of carbonyl (C=O) groups excluding carboxylic acids is 1. The zero-order chi connectivity index (χ0) is 11.4. The van der Waals surface area contributed by atoms with Crippen molar-refractivity contribution in [2.75, 3.05) is 11.9 Å². The third-order valence-electron chi connectivity index (χ3n) is 2.79. The van der Waals surface area contributed by atoms with Gasteiger partial charge >= 0.3 is 0 Å². The first-order chi connectivity index (χ1) is 7.75. The normalized spacial score (nSPS) is 18.2. The maximum atomic E-state index is 11.9. The number of rotatable bonds is 2. The Morgan fingerprint density at radius 2 is 2.22 bits per heavy atom. The molecule has 0 aromatic carbocycles. The lowest BCUT2D eigenvalue weighted by molar-refractivity contribution is -0.118. The van der Waals surface area contributed by atoms with Crippen LogP contribution < -0.4 is 10.6 Å². The zero-order valence-electron chi connectivity index (χ0n) is 10.3. The fourth-order valence-electron chi connectivity index (χ4n) is 1.93. The Labute approximate surface area is 120 Å². The summed E-state index contributed by atoms with van der Waals surface area (Å²) in [5.41, 5.74) is 1.74. The molecule has 2 N–H and O–H groups in total. The van der Waals surface area contributed by atoms with Crippen LogP contribution in [0, 0.1) is 6.92 Å². The highest BCUT2D eigenvalue weighted by molar-refractivity contribution is 5.94. The van der Waals surface area contributed by atoms with Gasteiger partial charge in [-0.3, -0.25) is 9.78 Å². The highest BCUT2D eigenvalue weighted by atomic mass is 35.5.